The summed E-state index contributed by atoms with van der Waals surface area (Å²) < 4.78 is 12.2. The summed E-state index contributed by atoms with van der Waals surface area (Å²) in [5.74, 6) is 2.92. The average Bonchev–Trinajstić information content (AvgIpc) is 2.78. The molecular formula is C29H34N2O2. The van der Waals surface area contributed by atoms with Crippen LogP contribution < -0.4 is 20.9 Å². The van der Waals surface area contributed by atoms with Crippen molar-refractivity contribution in [3.05, 3.63) is 108 Å². The van der Waals surface area contributed by atoms with E-state index in [-0.39, 0.29) is 5.92 Å². The lowest BCUT2D eigenvalue weighted by molar-refractivity contribution is 0.367. The van der Waals surface area contributed by atoms with Gasteiger partial charge < -0.3 is 20.9 Å². The number of ether oxygens (including phenoxy) is 2. The predicted octanol–water partition coefficient (Wildman–Crippen LogP) is 7.19. The maximum atomic E-state index is 6.15. The van der Waals surface area contributed by atoms with Gasteiger partial charge in [-0.15, -0.1) is 0 Å². The van der Waals surface area contributed by atoms with E-state index < -0.39 is 0 Å². The molecule has 0 saturated heterocycles. The van der Waals surface area contributed by atoms with E-state index in [2.05, 4.69) is 52.5 Å². The van der Waals surface area contributed by atoms with Gasteiger partial charge in [0.1, 0.15) is 17.3 Å². The van der Waals surface area contributed by atoms with Crippen molar-refractivity contribution in [2.24, 2.45) is 5.92 Å². The van der Waals surface area contributed by atoms with Crippen molar-refractivity contribution in [2.75, 3.05) is 11.5 Å². The molecule has 0 heterocycles. The minimum atomic E-state index is 0.148. The fourth-order valence-electron chi connectivity index (χ4n) is 2.65. The van der Waals surface area contributed by atoms with Crippen molar-refractivity contribution < 1.29 is 9.47 Å². The Balaban J connectivity index is 2.27. The van der Waals surface area contributed by atoms with Crippen LogP contribution in [0.15, 0.2) is 96.0 Å². The third kappa shape index (κ3) is 9.45. The second-order valence-electron chi connectivity index (χ2n) is 8.09. The molecule has 4 nitrogen and oxygen atoms in total. The standard InChI is InChI=1S/C29H34N2O2/c1-6-22(4)8-7-9-23(5)20-28(32-26-14-10-24(30)11-15-26)18-19-29(21(2)3)33-27-16-12-25(31)13-17-27/h7-12,14-16,18-19,21H,5-6,20,30-31H2,1-4H3/b9-7-,22-8+,28-18+,29-19+. The highest BCUT2D eigenvalue weighted by Crippen LogP contribution is 2.22. The minimum absolute atomic E-state index is 0.148. The zero-order chi connectivity index (χ0) is 24.2. The first-order valence-electron chi connectivity index (χ1n) is 11.1. The van der Waals surface area contributed by atoms with E-state index in [0.717, 1.165) is 23.5 Å². The van der Waals surface area contributed by atoms with Gasteiger partial charge in [0.25, 0.3) is 0 Å². The van der Waals surface area contributed by atoms with Crippen molar-refractivity contribution in [3.8, 4) is 11.5 Å². The van der Waals surface area contributed by atoms with Crippen LogP contribution in [-0.2, 0) is 0 Å². The second-order valence-corrected chi connectivity index (χ2v) is 8.09. The van der Waals surface area contributed by atoms with Gasteiger partial charge >= 0.3 is 0 Å². The van der Waals surface area contributed by atoms with E-state index >= 15 is 0 Å². The van der Waals surface area contributed by atoms with E-state index in [1.54, 1.807) is 12.1 Å². The molecular weight excluding hydrogens is 408 g/mol. The van der Waals surface area contributed by atoms with Crippen molar-refractivity contribution in [1.29, 1.82) is 0 Å². The molecule has 0 amide bonds. The maximum absolute atomic E-state index is 6.15. The van der Waals surface area contributed by atoms with Crippen LogP contribution in [-0.4, -0.2) is 0 Å². The molecule has 172 valence electrons. The Hall–Kier alpha value is -3.84. The Morgan fingerprint density at radius 3 is 2.33 bits per heavy atom. The SMILES string of the molecule is C=C(/C=C\C=C(/C)CC)C/C(=C\C=C(\Oc1c#cc(N)cc1)C(C)C)Oc1ccc(N)cc1. The van der Waals surface area contributed by atoms with E-state index in [9.17, 15) is 0 Å². The van der Waals surface area contributed by atoms with Gasteiger partial charge in [0.2, 0.25) is 0 Å². The summed E-state index contributed by atoms with van der Waals surface area (Å²) >= 11 is 0. The topological polar surface area (TPSA) is 70.5 Å². The number of rotatable bonds is 11. The molecule has 0 saturated carbocycles. The lowest BCUT2D eigenvalue weighted by Crippen LogP contribution is -2.03. The Bertz CT molecular complexity index is 1020. The number of nitrogen functional groups attached to an aromatic ring is 2. The largest absolute Gasteiger partial charge is 0.461 e. The summed E-state index contributed by atoms with van der Waals surface area (Å²) in [6.45, 7) is 12.5. The summed E-state index contributed by atoms with van der Waals surface area (Å²) in [6, 6.07) is 16.6. The number of benzene rings is 1. The van der Waals surface area contributed by atoms with Crippen LogP contribution in [0.1, 0.15) is 40.5 Å². The fraction of sp³-hybridized carbons (Fsp3) is 0.241. The molecule has 0 unspecified atom stereocenters. The molecule has 0 fully saturated rings. The molecule has 0 bridgehead atoms. The van der Waals surface area contributed by atoms with Crippen molar-refractivity contribution >= 4 is 11.4 Å². The molecule has 0 aliphatic heterocycles. The summed E-state index contributed by atoms with van der Waals surface area (Å²) in [6.07, 6.45) is 11.5. The Kier molecular flexibility index (Phi) is 9.92. The molecule has 2 aromatic rings. The minimum Gasteiger partial charge on any atom is -0.461 e. The molecule has 4 N–H and O–H groups in total. The maximum Gasteiger partial charge on any atom is 0.177 e. The predicted molar refractivity (Wildman–Crippen MR) is 139 cm³/mol. The fourth-order valence-corrected chi connectivity index (χ4v) is 2.65. The highest BCUT2D eigenvalue weighted by molar-refractivity contribution is 5.42. The Labute approximate surface area is 198 Å². The Morgan fingerprint density at radius 2 is 1.73 bits per heavy atom. The van der Waals surface area contributed by atoms with Crippen LogP contribution in [0.3, 0.4) is 0 Å². The lowest BCUT2D eigenvalue weighted by atomic mass is 10.1. The first-order chi connectivity index (χ1) is 15.8. The van der Waals surface area contributed by atoms with Gasteiger partial charge in [-0.25, -0.2) is 0 Å². The third-order valence-electron chi connectivity index (χ3n) is 4.78. The number of allylic oxidation sites excluding steroid dienone is 8. The molecule has 4 heteroatoms. The summed E-state index contributed by atoms with van der Waals surface area (Å²) in [7, 11) is 0. The summed E-state index contributed by atoms with van der Waals surface area (Å²) in [5.41, 5.74) is 14.9. The second kappa shape index (κ2) is 12.9. The van der Waals surface area contributed by atoms with Gasteiger partial charge in [-0.1, -0.05) is 51.2 Å². The first-order valence-corrected chi connectivity index (χ1v) is 11.1. The van der Waals surface area contributed by atoms with Crippen LogP contribution in [0, 0.1) is 18.1 Å². The third-order valence-corrected chi connectivity index (χ3v) is 4.78. The summed E-state index contributed by atoms with van der Waals surface area (Å²) in [5, 5.41) is 0. The molecule has 0 aliphatic rings. The van der Waals surface area contributed by atoms with Crippen molar-refractivity contribution in [2.45, 2.75) is 40.5 Å². The van der Waals surface area contributed by atoms with Gasteiger partial charge in [0.05, 0.1) is 5.69 Å². The number of hydrogen-bond donors (Lipinski definition) is 2. The van der Waals surface area contributed by atoms with Crippen molar-refractivity contribution in [1.82, 2.24) is 0 Å². The van der Waals surface area contributed by atoms with E-state index in [1.807, 2.05) is 48.6 Å². The number of nitrogens with two attached hydrogens (primary N) is 2. The van der Waals surface area contributed by atoms with Crippen LogP contribution in [0.2, 0.25) is 0 Å². The van der Waals surface area contributed by atoms with Gasteiger partial charge in [-0.3, -0.25) is 0 Å². The van der Waals surface area contributed by atoms with Gasteiger partial charge in [-0.05, 0) is 79.6 Å². The number of anilines is 2. The molecule has 0 aromatic heterocycles. The Morgan fingerprint density at radius 1 is 1.00 bits per heavy atom. The highest BCUT2D eigenvalue weighted by atomic mass is 16.5. The quantitative estimate of drug-likeness (QED) is 0.219. The van der Waals surface area contributed by atoms with E-state index in [1.165, 1.54) is 5.57 Å². The van der Waals surface area contributed by atoms with Gasteiger partial charge in [0, 0.05) is 18.0 Å². The molecule has 33 heavy (non-hydrogen) atoms. The lowest BCUT2D eigenvalue weighted by Gasteiger charge is -2.13. The average molecular weight is 443 g/mol. The normalized spacial score (nSPS) is 12.7. The van der Waals surface area contributed by atoms with Crippen LogP contribution in [0.4, 0.5) is 11.4 Å². The first kappa shape index (κ1) is 25.4. The monoisotopic (exact) mass is 442 g/mol. The zero-order valence-corrected chi connectivity index (χ0v) is 20.0. The molecule has 0 radical (unpaired) electrons. The van der Waals surface area contributed by atoms with Crippen LogP contribution >= 0.6 is 0 Å². The van der Waals surface area contributed by atoms with Crippen molar-refractivity contribution in [3.63, 3.8) is 0 Å². The highest BCUT2D eigenvalue weighted by Gasteiger charge is 2.08. The molecule has 2 aromatic carbocycles. The van der Waals surface area contributed by atoms with E-state index in [4.69, 9.17) is 20.9 Å². The van der Waals surface area contributed by atoms with Gasteiger partial charge in [-0.2, -0.15) is 0 Å². The van der Waals surface area contributed by atoms with Crippen LogP contribution in [0.25, 0.3) is 0 Å². The smallest absolute Gasteiger partial charge is 0.177 e. The van der Waals surface area contributed by atoms with Crippen LogP contribution in [0.5, 0.6) is 11.5 Å². The summed E-state index contributed by atoms with van der Waals surface area (Å²) in [4.78, 5) is 0. The van der Waals surface area contributed by atoms with Gasteiger partial charge in [0.15, 0.2) is 5.75 Å². The number of hydrogen-bond acceptors (Lipinski definition) is 4. The zero-order valence-electron chi connectivity index (χ0n) is 20.0. The van der Waals surface area contributed by atoms with E-state index in [0.29, 0.717) is 29.3 Å². The molecule has 0 spiro atoms. The molecule has 2 rings (SSSR count). The molecule has 0 atom stereocenters. The molecule has 0 aliphatic carbocycles.